The number of pyridine rings is 1. The molecule has 30 heavy (non-hydrogen) atoms. The van der Waals surface area contributed by atoms with Crippen molar-refractivity contribution in [2.75, 3.05) is 19.1 Å². The number of carbonyl (C=O) groups is 1. The molecule has 1 aliphatic rings. The van der Waals surface area contributed by atoms with E-state index in [1.54, 1.807) is 12.4 Å². The summed E-state index contributed by atoms with van der Waals surface area (Å²) in [4.78, 5) is 18.7. The zero-order valence-corrected chi connectivity index (χ0v) is 17.8. The highest BCUT2D eigenvalue weighted by atomic mass is 32.2. The van der Waals surface area contributed by atoms with Crippen LogP contribution in [0.5, 0.6) is 11.5 Å². The van der Waals surface area contributed by atoms with Gasteiger partial charge in [0, 0.05) is 37.6 Å². The first-order chi connectivity index (χ1) is 14.7. The number of carbonyl (C=O) groups excluding carboxylic acids is 1. The van der Waals surface area contributed by atoms with E-state index in [2.05, 4.69) is 15.2 Å². The molecule has 4 rings (SSSR count). The molecule has 0 spiro atoms. The number of aromatic nitrogens is 4. The Hall–Kier alpha value is -3.07. The molecule has 0 saturated heterocycles. The number of benzene rings is 1. The van der Waals surface area contributed by atoms with E-state index in [0.29, 0.717) is 18.8 Å². The maximum atomic E-state index is 12.8. The summed E-state index contributed by atoms with van der Waals surface area (Å²) in [5.41, 5.74) is 1.96. The van der Waals surface area contributed by atoms with Crippen molar-refractivity contribution in [2.24, 2.45) is 0 Å². The number of hydrogen-bond donors (Lipinski definition) is 0. The maximum Gasteiger partial charge on any atom is 0.233 e. The Bertz CT molecular complexity index is 1020. The topological polar surface area (TPSA) is 82.4 Å². The summed E-state index contributed by atoms with van der Waals surface area (Å²) >= 11 is 1.41. The predicted molar refractivity (Wildman–Crippen MR) is 113 cm³/mol. The molecule has 9 heteroatoms. The summed E-state index contributed by atoms with van der Waals surface area (Å²) in [5, 5.41) is 9.35. The van der Waals surface area contributed by atoms with Gasteiger partial charge in [-0.3, -0.25) is 9.78 Å². The van der Waals surface area contributed by atoms with E-state index in [4.69, 9.17) is 9.47 Å². The van der Waals surface area contributed by atoms with Crippen molar-refractivity contribution in [3.8, 4) is 22.9 Å². The van der Waals surface area contributed by atoms with Crippen molar-refractivity contribution in [3.63, 3.8) is 0 Å². The normalized spacial score (nSPS) is 12.2. The number of nitrogens with zero attached hydrogens (tertiary/aromatic N) is 5. The fourth-order valence-corrected chi connectivity index (χ4v) is 4.15. The van der Waals surface area contributed by atoms with Crippen LogP contribution in [0.3, 0.4) is 0 Å². The van der Waals surface area contributed by atoms with Crippen LogP contribution in [0.4, 0.5) is 0 Å². The van der Waals surface area contributed by atoms with Crippen molar-refractivity contribution in [1.29, 1.82) is 0 Å². The summed E-state index contributed by atoms with van der Waals surface area (Å²) < 4.78 is 12.8. The Balaban J connectivity index is 1.41. The molecule has 0 saturated carbocycles. The molecule has 0 aliphatic carbocycles. The minimum atomic E-state index is 0.0521. The van der Waals surface area contributed by atoms with E-state index in [0.717, 1.165) is 40.2 Å². The molecule has 8 nitrogen and oxygen atoms in total. The standard InChI is InChI=1S/C21H23N5O3S/c1-3-25(12-15-5-6-17-18(11-15)29-14-28-17)19(27)13-30-21-24-23-20(26(21)4-2)16-7-9-22-10-8-16/h5-11H,3-4,12-14H2,1-2H3. The quantitative estimate of drug-likeness (QED) is 0.513. The van der Waals surface area contributed by atoms with Crippen LogP contribution in [-0.4, -0.2) is 49.6 Å². The average molecular weight is 426 g/mol. The lowest BCUT2D eigenvalue weighted by molar-refractivity contribution is -0.128. The fourth-order valence-electron chi connectivity index (χ4n) is 3.25. The Morgan fingerprint density at radius 3 is 2.70 bits per heavy atom. The van der Waals surface area contributed by atoms with Crippen molar-refractivity contribution in [3.05, 3.63) is 48.3 Å². The van der Waals surface area contributed by atoms with Gasteiger partial charge in [-0.1, -0.05) is 17.8 Å². The molecule has 0 bridgehead atoms. The molecule has 0 radical (unpaired) electrons. The second kappa shape index (κ2) is 9.17. The lowest BCUT2D eigenvalue weighted by Crippen LogP contribution is -2.31. The van der Waals surface area contributed by atoms with Gasteiger partial charge in [0.1, 0.15) is 0 Å². The molecule has 1 aromatic carbocycles. The molecule has 0 unspecified atom stereocenters. The molecule has 3 heterocycles. The third kappa shape index (κ3) is 4.25. The van der Waals surface area contributed by atoms with Crippen molar-refractivity contribution < 1.29 is 14.3 Å². The molecule has 1 aliphatic heterocycles. The fraction of sp³-hybridized carbons (Fsp3) is 0.333. The number of hydrogen-bond acceptors (Lipinski definition) is 7. The van der Waals surface area contributed by atoms with Gasteiger partial charge in [0.25, 0.3) is 0 Å². The van der Waals surface area contributed by atoms with Crippen LogP contribution in [0.2, 0.25) is 0 Å². The predicted octanol–water partition coefficient (Wildman–Crippen LogP) is 3.23. The van der Waals surface area contributed by atoms with Crippen LogP contribution in [0.15, 0.2) is 47.9 Å². The van der Waals surface area contributed by atoms with Gasteiger partial charge in [-0.15, -0.1) is 10.2 Å². The van der Waals surface area contributed by atoms with E-state index >= 15 is 0 Å². The van der Waals surface area contributed by atoms with Crippen LogP contribution in [-0.2, 0) is 17.9 Å². The van der Waals surface area contributed by atoms with Gasteiger partial charge in [0.05, 0.1) is 5.75 Å². The highest BCUT2D eigenvalue weighted by Gasteiger charge is 2.19. The van der Waals surface area contributed by atoms with Gasteiger partial charge in [0.2, 0.25) is 12.7 Å². The second-order valence-corrected chi connectivity index (χ2v) is 7.61. The van der Waals surface area contributed by atoms with Crippen LogP contribution < -0.4 is 9.47 Å². The molecule has 3 aromatic rings. The van der Waals surface area contributed by atoms with Crippen LogP contribution >= 0.6 is 11.8 Å². The summed E-state index contributed by atoms with van der Waals surface area (Å²) in [5.74, 6) is 2.60. The number of rotatable bonds is 8. The number of thioether (sulfide) groups is 1. The highest BCUT2D eigenvalue weighted by molar-refractivity contribution is 7.99. The summed E-state index contributed by atoms with van der Waals surface area (Å²) in [7, 11) is 0. The van der Waals surface area contributed by atoms with Gasteiger partial charge in [-0.2, -0.15) is 0 Å². The van der Waals surface area contributed by atoms with E-state index < -0.39 is 0 Å². The summed E-state index contributed by atoms with van der Waals surface area (Å²) in [6.45, 7) is 6.12. The van der Waals surface area contributed by atoms with Gasteiger partial charge in [-0.05, 0) is 43.7 Å². The van der Waals surface area contributed by atoms with E-state index in [1.807, 2.05) is 53.6 Å². The van der Waals surface area contributed by atoms with Gasteiger partial charge < -0.3 is 18.9 Å². The van der Waals surface area contributed by atoms with Crippen LogP contribution in [0, 0.1) is 0 Å². The zero-order valence-electron chi connectivity index (χ0n) is 16.9. The van der Waals surface area contributed by atoms with Gasteiger partial charge in [0.15, 0.2) is 22.5 Å². The minimum Gasteiger partial charge on any atom is -0.454 e. The van der Waals surface area contributed by atoms with E-state index in [-0.39, 0.29) is 12.7 Å². The Kier molecular flexibility index (Phi) is 6.18. The number of amides is 1. The average Bonchev–Trinajstić information content (AvgIpc) is 3.42. The van der Waals surface area contributed by atoms with Gasteiger partial charge in [-0.25, -0.2) is 0 Å². The lowest BCUT2D eigenvalue weighted by atomic mass is 10.2. The van der Waals surface area contributed by atoms with Crippen molar-refractivity contribution in [2.45, 2.75) is 32.1 Å². The summed E-state index contributed by atoms with van der Waals surface area (Å²) in [6.07, 6.45) is 3.46. The van der Waals surface area contributed by atoms with E-state index in [9.17, 15) is 4.79 Å². The third-order valence-corrected chi connectivity index (χ3v) is 5.79. The number of fused-ring (bicyclic) bond motifs is 1. The largest absolute Gasteiger partial charge is 0.454 e. The first-order valence-corrected chi connectivity index (χ1v) is 10.8. The van der Waals surface area contributed by atoms with Crippen LogP contribution in [0.25, 0.3) is 11.4 Å². The minimum absolute atomic E-state index is 0.0521. The third-order valence-electron chi connectivity index (χ3n) is 4.84. The molecule has 0 fully saturated rings. The molecule has 1 amide bonds. The Morgan fingerprint density at radius 2 is 1.93 bits per heavy atom. The lowest BCUT2D eigenvalue weighted by Gasteiger charge is -2.21. The molecule has 2 aromatic heterocycles. The monoisotopic (exact) mass is 425 g/mol. The molecular formula is C21H23N5O3S. The molecular weight excluding hydrogens is 402 g/mol. The zero-order chi connectivity index (χ0) is 20.9. The summed E-state index contributed by atoms with van der Waals surface area (Å²) in [6, 6.07) is 9.58. The first-order valence-electron chi connectivity index (χ1n) is 9.82. The van der Waals surface area contributed by atoms with E-state index in [1.165, 1.54) is 11.8 Å². The van der Waals surface area contributed by atoms with Crippen molar-refractivity contribution in [1.82, 2.24) is 24.6 Å². The van der Waals surface area contributed by atoms with Crippen LogP contribution in [0.1, 0.15) is 19.4 Å². The molecule has 156 valence electrons. The smallest absolute Gasteiger partial charge is 0.233 e. The SMILES string of the molecule is CCN(Cc1ccc2c(c1)OCO2)C(=O)CSc1nnc(-c2ccncc2)n1CC. The Labute approximate surface area is 179 Å². The van der Waals surface area contributed by atoms with Gasteiger partial charge >= 0.3 is 0 Å². The second-order valence-electron chi connectivity index (χ2n) is 6.67. The number of ether oxygens (including phenoxy) is 2. The molecule has 0 N–H and O–H groups in total. The van der Waals surface area contributed by atoms with Crippen molar-refractivity contribution >= 4 is 17.7 Å². The Morgan fingerprint density at radius 1 is 1.13 bits per heavy atom. The molecule has 0 atom stereocenters. The first kappa shape index (κ1) is 20.2. The maximum absolute atomic E-state index is 12.8. The highest BCUT2D eigenvalue weighted by Crippen LogP contribution is 2.33.